The predicted molar refractivity (Wildman–Crippen MR) is 79.2 cm³/mol. The van der Waals surface area contributed by atoms with E-state index in [-0.39, 0.29) is 17.5 Å². The Kier molecular flexibility index (Phi) is 4.34. The number of nitrogens with zero attached hydrogens (tertiary/aromatic N) is 1. The van der Waals surface area contributed by atoms with Crippen LogP contribution < -0.4 is 5.32 Å². The molecule has 0 saturated heterocycles. The van der Waals surface area contributed by atoms with Crippen LogP contribution in [-0.4, -0.2) is 4.92 Å². The minimum Gasteiger partial charge on any atom is -0.373 e. The van der Waals surface area contributed by atoms with Gasteiger partial charge >= 0.3 is 0 Å². The van der Waals surface area contributed by atoms with Crippen molar-refractivity contribution < 1.29 is 9.31 Å². The molecule has 0 saturated carbocycles. The van der Waals surface area contributed by atoms with E-state index in [4.69, 9.17) is 0 Å². The monoisotopic (exact) mass is 338 g/mol. The van der Waals surface area contributed by atoms with Crippen LogP contribution in [0.5, 0.6) is 0 Å². The fourth-order valence-electron chi connectivity index (χ4n) is 1.85. The molecular formula is C14H12BrFN2O2. The molecule has 0 aliphatic carbocycles. The summed E-state index contributed by atoms with van der Waals surface area (Å²) in [6, 6.07) is 10.7. The Morgan fingerprint density at radius 3 is 2.50 bits per heavy atom. The van der Waals surface area contributed by atoms with E-state index in [0.29, 0.717) is 10.2 Å². The van der Waals surface area contributed by atoms with Crippen LogP contribution in [0.15, 0.2) is 46.9 Å². The lowest BCUT2D eigenvalue weighted by atomic mass is 10.1. The van der Waals surface area contributed by atoms with E-state index in [1.54, 1.807) is 24.3 Å². The van der Waals surface area contributed by atoms with E-state index in [0.717, 1.165) is 5.56 Å². The molecule has 2 aromatic carbocycles. The molecule has 4 nitrogen and oxygen atoms in total. The summed E-state index contributed by atoms with van der Waals surface area (Å²) in [5.74, 6) is -0.310. The van der Waals surface area contributed by atoms with Crippen molar-refractivity contribution in [2.75, 3.05) is 5.32 Å². The zero-order chi connectivity index (χ0) is 14.7. The zero-order valence-corrected chi connectivity index (χ0v) is 12.2. The lowest BCUT2D eigenvalue weighted by Crippen LogP contribution is -2.08. The van der Waals surface area contributed by atoms with Crippen LogP contribution in [0.4, 0.5) is 15.8 Å². The second-order valence-electron chi connectivity index (χ2n) is 4.34. The van der Waals surface area contributed by atoms with Gasteiger partial charge in [-0.3, -0.25) is 10.1 Å². The molecule has 1 N–H and O–H groups in total. The fourth-order valence-corrected chi connectivity index (χ4v) is 2.19. The first-order valence-electron chi connectivity index (χ1n) is 5.93. The fraction of sp³-hybridized carbons (Fsp3) is 0.143. The van der Waals surface area contributed by atoms with Crippen molar-refractivity contribution in [2.24, 2.45) is 0 Å². The van der Waals surface area contributed by atoms with Gasteiger partial charge in [0, 0.05) is 16.6 Å². The first kappa shape index (κ1) is 14.5. The molecule has 0 heterocycles. The average Bonchev–Trinajstić information content (AvgIpc) is 2.41. The molecule has 0 spiro atoms. The Morgan fingerprint density at radius 2 is 1.90 bits per heavy atom. The lowest BCUT2D eigenvalue weighted by molar-refractivity contribution is -0.384. The summed E-state index contributed by atoms with van der Waals surface area (Å²) in [5.41, 5.74) is 1.27. The highest BCUT2D eigenvalue weighted by Gasteiger charge is 2.16. The van der Waals surface area contributed by atoms with Gasteiger partial charge in [0.2, 0.25) is 0 Å². The van der Waals surface area contributed by atoms with Crippen LogP contribution in [0.3, 0.4) is 0 Å². The molecule has 1 atom stereocenters. The molecule has 0 amide bonds. The lowest BCUT2D eigenvalue weighted by Gasteiger charge is -2.15. The van der Waals surface area contributed by atoms with Crippen molar-refractivity contribution in [1.82, 2.24) is 0 Å². The van der Waals surface area contributed by atoms with Gasteiger partial charge in [-0.15, -0.1) is 0 Å². The van der Waals surface area contributed by atoms with E-state index >= 15 is 0 Å². The number of nitrogens with one attached hydrogen (secondary N) is 1. The maximum Gasteiger partial charge on any atom is 0.293 e. The van der Waals surface area contributed by atoms with Crippen LogP contribution in [0, 0.1) is 15.9 Å². The van der Waals surface area contributed by atoms with Gasteiger partial charge < -0.3 is 5.32 Å². The quantitative estimate of drug-likeness (QED) is 0.651. The Labute approximate surface area is 123 Å². The molecule has 2 rings (SSSR count). The Morgan fingerprint density at radius 1 is 1.25 bits per heavy atom. The van der Waals surface area contributed by atoms with E-state index in [2.05, 4.69) is 21.2 Å². The molecule has 0 bridgehead atoms. The number of nitro groups is 1. The summed E-state index contributed by atoms with van der Waals surface area (Å²) in [4.78, 5) is 10.6. The summed E-state index contributed by atoms with van der Waals surface area (Å²) < 4.78 is 13.5. The van der Waals surface area contributed by atoms with E-state index in [9.17, 15) is 14.5 Å². The molecule has 0 fully saturated rings. The number of rotatable bonds is 4. The third-order valence-electron chi connectivity index (χ3n) is 2.90. The van der Waals surface area contributed by atoms with Crippen molar-refractivity contribution in [1.29, 1.82) is 0 Å². The molecule has 0 aliphatic rings. The summed E-state index contributed by atoms with van der Waals surface area (Å²) in [6.45, 7) is 1.86. The second-order valence-corrected chi connectivity index (χ2v) is 5.25. The van der Waals surface area contributed by atoms with Crippen LogP contribution in [-0.2, 0) is 0 Å². The SMILES string of the molecule is CC(Nc1ccc(Br)cc1[N+](=O)[O-])c1ccc(F)cc1. The predicted octanol–water partition coefficient (Wildman–Crippen LogP) is 4.67. The topological polar surface area (TPSA) is 55.2 Å². The zero-order valence-electron chi connectivity index (χ0n) is 10.6. The number of anilines is 1. The molecule has 104 valence electrons. The highest BCUT2D eigenvalue weighted by atomic mass is 79.9. The van der Waals surface area contributed by atoms with E-state index < -0.39 is 4.92 Å². The summed E-state index contributed by atoms with van der Waals surface area (Å²) >= 11 is 3.21. The van der Waals surface area contributed by atoms with Crippen LogP contribution in [0.25, 0.3) is 0 Å². The van der Waals surface area contributed by atoms with Gasteiger partial charge in [-0.25, -0.2) is 4.39 Å². The molecule has 0 aromatic heterocycles. The van der Waals surface area contributed by atoms with Crippen molar-refractivity contribution in [3.05, 3.63) is 68.4 Å². The molecule has 2 aromatic rings. The van der Waals surface area contributed by atoms with Crippen molar-refractivity contribution in [2.45, 2.75) is 13.0 Å². The highest BCUT2D eigenvalue weighted by Crippen LogP contribution is 2.30. The maximum absolute atomic E-state index is 12.9. The van der Waals surface area contributed by atoms with Crippen LogP contribution in [0.1, 0.15) is 18.5 Å². The Balaban J connectivity index is 2.25. The average molecular weight is 339 g/mol. The van der Waals surface area contributed by atoms with Crippen LogP contribution >= 0.6 is 15.9 Å². The summed E-state index contributed by atoms with van der Waals surface area (Å²) in [5, 5.41) is 14.1. The van der Waals surface area contributed by atoms with Crippen LogP contribution in [0.2, 0.25) is 0 Å². The maximum atomic E-state index is 12.9. The Hall–Kier alpha value is -1.95. The van der Waals surface area contributed by atoms with Crippen molar-refractivity contribution in [3.63, 3.8) is 0 Å². The van der Waals surface area contributed by atoms with Gasteiger partial charge in [0.1, 0.15) is 11.5 Å². The molecule has 0 radical (unpaired) electrons. The molecule has 20 heavy (non-hydrogen) atoms. The molecular weight excluding hydrogens is 327 g/mol. The number of benzene rings is 2. The second kappa shape index (κ2) is 6.00. The first-order chi connectivity index (χ1) is 9.47. The van der Waals surface area contributed by atoms with Gasteiger partial charge in [-0.1, -0.05) is 28.1 Å². The minimum atomic E-state index is -0.440. The van der Waals surface area contributed by atoms with Crippen molar-refractivity contribution in [3.8, 4) is 0 Å². The summed E-state index contributed by atoms with van der Waals surface area (Å²) in [6.07, 6.45) is 0. The summed E-state index contributed by atoms with van der Waals surface area (Å²) in [7, 11) is 0. The third-order valence-corrected chi connectivity index (χ3v) is 3.39. The minimum absolute atomic E-state index is 0.00617. The van der Waals surface area contributed by atoms with Crippen molar-refractivity contribution >= 4 is 27.3 Å². The smallest absolute Gasteiger partial charge is 0.293 e. The van der Waals surface area contributed by atoms with E-state index in [1.807, 2.05) is 6.92 Å². The first-order valence-corrected chi connectivity index (χ1v) is 6.72. The molecule has 6 heteroatoms. The normalized spacial score (nSPS) is 11.9. The van der Waals surface area contributed by atoms with Gasteiger partial charge in [-0.2, -0.15) is 0 Å². The van der Waals surface area contributed by atoms with Gasteiger partial charge in [0.05, 0.1) is 4.92 Å². The third kappa shape index (κ3) is 3.33. The molecule has 1 unspecified atom stereocenters. The van der Waals surface area contributed by atoms with Gasteiger partial charge in [0.15, 0.2) is 0 Å². The highest BCUT2D eigenvalue weighted by molar-refractivity contribution is 9.10. The molecule has 0 aliphatic heterocycles. The van der Waals surface area contributed by atoms with Gasteiger partial charge in [0.25, 0.3) is 5.69 Å². The number of halogens is 2. The standard InChI is InChI=1S/C14H12BrFN2O2/c1-9(10-2-5-12(16)6-3-10)17-13-7-4-11(15)8-14(13)18(19)20/h2-9,17H,1H3. The number of nitro benzene ring substituents is 1. The van der Waals surface area contributed by atoms with Gasteiger partial charge in [-0.05, 0) is 36.8 Å². The van der Waals surface area contributed by atoms with E-state index in [1.165, 1.54) is 18.2 Å². The largest absolute Gasteiger partial charge is 0.373 e. The Bertz CT molecular complexity index is 632. The number of hydrogen-bond donors (Lipinski definition) is 1. The number of hydrogen-bond acceptors (Lipinski definition) is 3.